The van der Waals surface area contributed by atoms with Gasteiger partial charge in [-0.3, -0.25) is 9.69 Å². The summed E-state index contributed by atoms with van der Waals surface area (Å²) in [6.07, 6.45) is 0.866. The van der Waals surface area contributed by atoms with Gasteiger partial charge in [0.05, 0.1) is 19.8 Å². The smallest absolute Gasteiger partial charge is 0.220 e. The van der Waals surface area contributed by atoms with Crippen molar-refractivity contribution in [3.05, 3.63) is 41.2 Å². The van der Waals surface area contributed by atoms with Crippen LogP contribution in [0.5, 0.6) is 0 Å². The van der Waals surface area contributed by atoms with Crippen LogP contribution in [0.15, 0.2) is 18.2 Å². The molecule has 1 aromatic heterocycles. The summed E-state index contributed by atoms with van der Waals surface area (Å²) in [6.45, 7) is 4.45. The molecule has 1 N–H and O–H groups in total. The van der Waals surface area contributed by atoms with E-state index in [-0.39, 0.29) is 12.5 Å². The molecule has 10 heteroatoms. The van der Waals surface area contributed by atoms with Gasteiger partial charge in [0.25, 0.3) is 0 Å². The van der Waals surface area contributed by atoms with Gasteiger partial charge in [-0.15, -0.1) is 5.10 Å². The molecule has 146 valence electrons. The van der Waals surface area contributed by atoms with E-state index in [2.05, 4.69) is 25.7 Å². The number of benzene rings is 1. The van der Waals surface area contributed by atoms with E-state index in [0.29, 0.717) is 44.7 Å². The summed E-state index contributed by atoms with van der Waals surface area (Å²) in [7, 11) is 0. The largest absolute Gasteiger partial charge is 0.379 e. The van der Waals surface area contributed by atoms with Gasteiger partial charge < -0.3 is 10.1 Å². The predicted octanol–water partition coefficient (Wildman–Crippen LogP) is 0.880. The molecular weight excluding hydrogens is 358 g/mol. The van der Waals surface area contributed by atoms with Crippen LogP contribution in [0.1, 0.15) is 24.2 Å². The zero-order valence-electron chi connectivity index (χ0n) is 14.9. The van der Waals surface area contributed by atoms with Crippen molar-refractivity contribution in [3.8, 4) is 0 Å². The van der Waals surface area contributed by atoms with Crippen molar-refractivity contribution in [1.29, 1.82) is 0 Å². The van der Waals surface area contributed by atoms with E-state index in [1.165, 1.54) is 6.07 Å². The Hall–Kier alpha value is -2.46. The van der Waals surface area contributed by atoms with Gasteiger partial charge >= 0.3 is 0 Å². The highest BCUT2D eigenvalue weighted by Crippen LogP contribution is 2.09. The Bertz CT molecular complexity index is 764. The maximum Gasteiger partial charge on any atom is 0.220 e. The van der Waals surface area contributed by atoms with Crippen molar-refractivity contribution in [1.82, 2.24) is 30.4 Å². The van der Waals surface area contributed by atoms with E-state index in [1.807, 2.05) is 0 Å². The van der Waals surface area contributed by atoms with Gasteiger partial charge in [-0.25, -0.2) is 13.5 Å². The molecule has 2 aromatic rings. The molecule has 27 heavy (non-hydrogen) atoms. The number of halogens is 2. The van der Waals surface area contributed by atoms with Crippen molar-refractivity contribution in [2.24, 2.45) is 0 Å². The minimum Gasteiger partial charge on any atom is -0.379 e. The highest BCUT2D eigenvalue weighted by atomic mass is 19.2. The molecule has 8 nitrogen and oxygen atoms in total. The van der Waals surface area contributed by atoms with E-state index >= 15 is 0 Å². The van der Waals surface area contributed by atoms with Crippen LogP contribution >= 0.6 is 0 Å². The number of morpholine rings is 1. The summed E-state index contributed by atoms with van der Waals surface area (Å²) >= 11 is 0. The average Bonchev–Trinajstić information content (AvgIpc) is 3.10. The van der Waals surface area contributed by atoms with Crippen LogP contribution in [-0.4, -0.2) is 57.3 Å². The van der Waals surface area contributed by atoms with Crippen LogP contribution in [0.4, 0.5) is 8.78 Å². The molecule has 0 spiro atoms. The van der Waals surface area contributed by atoms with Gasteiger partial charge in [0, 0.05) is 32.6 Å². The number of tetrazole rings is 1. The molecule has 2 heterocycles. The minimum atomic E-state index is -0.923. The molecule has 1 fully saturated rings. The summed E-state index contributed by atoms with van der Waals surface area (Å²) in [5.74, 6) is -1.23. The van der Waals surface area contributed by atoms with E-state index < -0.39 is 11.6 Å². The van der Waals surface area contributed by atoms with Crippen LogP contribution < -0.4 is 5.32 Å². The lowest BCUT2D eigenvalue weighted by Crippen LogP contribution is -2.36. The number of aryl methyl sites for hydroxylation is 1. The lowest BCUT2D eigenvalue weighted by Gasteiger charge is -2.25. The van der Waals surface area contributed by atoms with Gasteiger partial charge in [0.2, 0.25) is 5.91 Å². The third kappa shape index (κ3) is 5.76. The number of carbonyl (C=O) groups excluding carboxylic acids is 1. The molecule has 3 rings (SSSR count). The number of ether oxygens (including phenoxy) is 1. The van der Waals surface area contributed by atoms with Crippen LogP contribution in [0.2, 0.25) is 0 Å². The number of rotatable bonds is 8. The summed E-state index contributed by atoms with van der Waals surface area (Å²) in [6, 6.07) is 3.57. The summed E-state index contributed by atoms with van der Waals surface area (Å²) in [5.41, 5.74) is 0.510. The normalized spacial score (nSPS) is 15.0. The van der Waals surface area contributed by atoms with Gasteiger partial charge in [0.15, 0.2) is 17.5 Å². The first-order valence-corrected chi connectivity index (χ1v) is 8.87. The third-order valence-corrected chi connectivity index (χ3v) is 4.32. The fourth-order valence-corrected chi connectivity index (χ4v) is 2.80. The van der Waals surface area contributed by atoms with Crippen LogP contribution in [0.3, 0.4) is 0 Å². The van der Waals surface area contributed by atoms with Crippen LogP contribution in [-0.2, 0) is 29.2 Å². The fraction of sp³-hybridized carbons (Fsp3) is 0.529. The van der Waals surface area contributed by atoms with Gasteiger partial charge in [-0.1, -0.05) is 6.07 Å². The lowest BCUT2D eigenvalue weighted by atomic mass is 10.2. The molecule has 1 amide bonds. The highest BCUT2D eigenvalue weighted by Gasteiger charge is 2.15. The molecule has 1 aliphatic rings. The standard InChI is InChI=1S/C17H22F2N6O2/c18-14-4-3-13(10-15(14)19)11-20-17(26)2-1-5-25-16(21-22-23-25)12-24-6-8-27-9-7-24/h3-4,10H,1-2,5-9,11-12H2,(H,20,26). The Balaban J connectivity index is 1.39. The third-order valence-electron chi connectivity index (χ3n) is 4.32. The van der Waals surface area contributed by atoms with E-state index in [9.17, 15) is 13.6 Å². The number of hydrogen-bond donors (Lipinski definition) is 1. The summed E-state index contributed by atoms with van der Waals surface area (Å²) in [4.78, 5) is 14.2. The van der Waals surface area contributed by atoms with Crippen LogP contribution in [0.25, 0.3) is 0 Å². The van der Waals surface area contributed by atoms with Gasteiger partial charge in [-0.05, 0) is 34.5 Å². The quantitative estimate of drug-likeness (QED) is 0.732. The van der Waals surface area contributed by atoms with E-state index in [0.717, 1.165) is 31.0 Å². The second-order valence-electron chi connectivity index (χ2n) is 6.34. The molecule has 0 saturated carbocycles. The van der Waals surface area contributed by atoms with Crippen LogP contribution in [0, 0.1) is 11.6 Å². The van der Waals surface area contributed by atoms with Crippen molar-refractivity contribution in [3.63, 3.8) is 0 Å². The van der Waals surface area contributed by atoms with Crippen molar-refractivity contribution < 1.29 is 18.3 Å². The fourth-order valence-electron chi connectivity index (χ4n) is 2.80. The number of hydrogen-bond acceptors (Lipinski definition) is 6. The number of amides is 1. The average molecular weight is 380 g/mol. The number of nitrogens with zero attached hydrogens (tertiary/aromatic N) is 5. The van der Waals surface area contributed by atoms with Gasteiger partial charge in [-0.2, -0.15) is 0 Å². The zero-order chi connectivity index (χ0) is 19.1. The maximum absolute atomic E-state index is 13.1. The second kappa shape index (κ2) is 9.47. The minimum absolute atomic E-state index is 0.156. The Morgan fingerprint density at radius 2 is 2.04 bits per heavy atom. The number of carbonyl (C=O) groups is 1. The Kier molecular flexibility index (Phi) is 6.77. The highest BCUT2D eigenvalue weighted by molar-refractivity contribution is 5.75. The lowest BCUT2D eigenvalue weighted by molar-refractivity contribution is -0.121. The Labute approximate surface area is 155 Å². The molecule has 1 saturated heterocycles. The molecule has 0 bridgehead atoms. The predicted molar refractivity (Wildman–Crippen MR) is 91.4 cm³/mol. The molecule has 0 radical (unpaired) electrons. The van der Waals surface area contributed by atoms with Crippen molar-refractivity contribution >= 4 is 5.91 Å². The number of aromatic nitrogens is 4. The Morgan fingerprint density at radius 3 is 2.81 bits per heavy atom. The first-order valence-electron chi connectivity index (χ1n) is 8.87. The molecule has 0 atom stereocenters. The zero-order valence-corrected chi connectivity index (χ0v) is 14.9. The topological polar surface area (TPSA) is 85.2 Å². The second-order valence-corrected chi connectivity index (χ2v) is 6.34. The molecule has 1 aromatic carbocycles. The first kappa shape index (κ1) is 19.3. The van der Waals surface area contributed by atoms with E-state index in [4.69, 9.17) is 4.74 Å². The SMILES string of the molecule is O=C(CCCn1nnnc1CN1CCOCC1)NCc1ccc(F)c(F)c1. The molecule has 0 aliphatic carbocycles. The Morgan fingerprint density at radius 1 is 1.22 bits per heavy atom. The maximum atomic E-state index is 13.1. The molecular formula is C17H22F2N6O2. The first-order chi connectivity index (χ1) is 13.1. The van der Waals surface area contributed by atoms with Crippen molar-refractivity contribution in [2.45, 2.75) is 32.5 Å². The summed E-state index contributed by atoms with van der Waals surface area (Å²) < 4.78 is 33.1. The molecule has 1 aliphatic heterocycles. The number of nitrogens with one attached hydrogen (secondary N) is 1. The summed E-state index contributed by atoms with van der Waals surface area (Å²) in [5, 5.41) is 14.4. The van der Waals surface area contributed by atoms with Crippen molar-refractivity contribution in [2.75, 3.05) is 26.3 Å². The molecule has 0 unspecified atom stereocenters. The van der Waals surface area contributed by atoms with E-state index in [1.54, 1.807) is 4.68 Å². The monoisotopic (exact) mass is 380 g/mol. The van der Waals surface area contributed by atoms with Gasteiger partial charge in [0.1, 0.15) is 0 Å².